The Morgan fingerprint density at radius 2 is 1.29 bits per heavy atom. The van der Waals surface area contributed by atoms with Gasteiger partial charge in [-0.3, -0.25) is 0 Å². The molecule has 0 saturated heterocycles. The maximum Gasteiger partial charge on any atom is 0.0294 e. The first-order valence-electron chi connectivity index (χ1n) is 7.43. The van der Waals surface area contributed by atoms with Gasteiger partial charge in [0.2, 0.25) is 0 Å². The van der Waals surface area contributed by atoms with Gasteiger partial charge in [-0.05, 0) is 31.1 Å². The smallest absolute Gasteiger partial charge is 0.0294 e. The van der Waals surface area contributed by atoms with E-state index >= 15 is 0 Å². The molecule has 0 bridgehead atoms. The molecule has 100 valence electrons. The van der Waals surface area contributed by atoms with Gasteiger partial charge in [0.15, 0.2) is 0 Å². The van der Waals surface area contributed by atoms with Crippen molar-refractivity contribution in [2.24, 2.45) is 17.3 Å². The van der Waals surface area contributed by atoms with Gasteiger partial charge in [0, 0.05) is 17.2 Å². The highest BCUT2D eigenvalue weighted by molar-refractivity contribution is 6.21. The van der Waals surface area contributed by atoms with E-state index in [1.165, 1.54) is 64.2 Å². The van der Waals surface area contributed by atoms with E-state index in [1.807, 2.05) is 0 Å². The summed E-state index contributed by atoms with van der Waals surface area (Å²) in [4.78, 5) is 0. The molecule has 0 atom stereocenters. The zero-order valence-corrected chi connectivity index (χ0v) is 12.4. The second kappa shape index (κ2) is 6.66. The quantitative estimate of drug-likeness (QED) is 0.573. The maximum absolute atomic E-state index is 6.34. The van der Waals surface area contributed by atoms with Gasteiger partial charge in [-0.1, -0.05) is 44.9 Å². The first kappa shape index (κ1) is 14.0. The van der Waals surface area contributed by atoms with Gasteiger partial charge in [0.05, 0.1) is 0 Å². The molecular weight excluding hydrogens is 251 g/mol. The van der Waals surface area contributed by atoms with Crippen molar-refractivity contribution < 1.29 is 0 Å². The molecule has 0 aliphatic heterocycles. The lowest BCUT2D eigenvalue weighted by molar-refractivity contribution is 0.152. The minimum Gasteiger partial charge on any atom is -0.126 e. The first-order valence-corrected chi connectivity index (χ1v) is 8.49. The number of halogens is 2. The maximum atomic E-state index is 6.34. The van der Waals surface area contributed by atoms with Crippen LogP contribution in [-0.4, -0.2) is 11.8 Å². The van der Waals surface area contributed by atoms with Crippen molar-refractivity contribution in [2.45, 2.75) is 64.2 Å². The molecule has 0 spiro atoms. The van der Waals surface area contributed by atoms with Gasteiger partial charge in [-0.15, -0.1) is 23.2 Å². The number of rotatable bonds is 5. The molecule has 0 heterocycles. The molecule has 2 fully saturated rings. The molecular formula is C15H26Cl2. The van der Waals surface area contributed by atoms with Crippen LogP contribution in [0.3, 0.4) is 0 Å². The van der Waals surface area contributed by atoms with E-state index in [0.29, 0.717) is 0 Å². The zero-order chi connectivity index (χ0) is 12.1. The Bertz CT molecular complexity index is 211. The molecule has 2 rings (SSSR count). The van der Waals surface area contributed by atoms with E-state index in [-0.39, 0.29) is 5.41 Å². The van der Waals surface area contributed by atoms with Gasteiger partial charge in [0.25, 0.3) is 0 Å². The van der Waals surface area contributed by atoms with E-state index in [2.05, 4.69) is 0 Å². The third-order valence-corrected chi connectivity index (χ3v) is 6.24. The van der Waals surface area contributed by atoms with Crippen LogP contribution >= 0.6 is 23.2 Å². The lowest BCUT2D eigenvalue weighted by atomic mass is 9.69. The van der Waals surface area contributed by atoms with Crippen molar-refractivity contribution in [1.29, 1.82) is 0 Å². The molecule has 0 aromatic carbocycles. The molecule has 0 amide bonds. The van der Waals surface area contributed by atoms with Crippen molar-refractivity contribution in [1.82, 2.24) is 0 Å². The molecule has 0 unspecified atom stereocenters. The number of alkyl halides is 2. The molecule has 0 nitrogen and oxygen atoms in total. The van der Waals surface area contributed by atoms with E-state index in [0.717, 1.165) is 23.6 Å². The number of hydrogen-bond donors (Lipinski definition) is 0. The second-order valence-electron chi connectivity index (χ2n) is 6.32. The predicted molar refractivity (Wildman–Crippen MR) is 77.0 cm³/mol. The van der Waals surface area contributed by atoms with E-state index < -0.39 is 0 Å². The molecule has 2 aliphatic carbocycles. The topological polar surface area (TPSA) is 0 Å². The van der Waals surface area contributed by atoms with Crippen LogP contribution in [0.1, 0.15) is 64.2 Å². The molecule has 0 N–H and O–H groups in total. The minimum atomic E-state index is 0.252. The lowest BCUT2D eigenvalue weighted by Gasteiger charge is -2.40. The summed E-state index contributed by atoms with van der Waals surface area (Å²) in [6.45, 7) is 0. The summed E-state index contributed by atoms with van der Waals surface area (Å²) in [6, 6.07) is 0. The molecule has 2 saturated carbocycles. The Hall–Kier alpha value is 0.580. The van der Waals surface area contributed by atoms with Crippen LogP contribution < -0.4 is 0 Å². The van der Waals surface area contributed by atoms with Gasteiger partial charge in [-0.25, -0.2) is 0 Å². The Morgan fingerprint density at radius 1 is 0.765 bits per heavy atom. The SMILES string of the molecule is ClCC(CCl)(CC1CCCCC1)C1CCCC1. The summed E-state index contributed by atoms with van der Waals surface area (Å²) in [5.41, 5.74) is 0.252. The van der Waals surface area contributed by atoms with Gasteiger partial charge < -0.3 is 0 Å². The summed E-state index contributed by atoms with van der Waals surface area (Å²) < 4.78 is 0. The van der Waals surface area contributed by atoms with Crippen LogP contribution in [-0.2, 0) is 0 Å². The average Bonchev–Trinajstić information content (AvgIpc) is 2.92. The molecule has 0 aromatic heterocycles. The summed E-state index contributed by atoms with van der Waals surface area (Å²) >= 11 is 12.7. The summed E-state index contributed by atoms with van der Waals surface area (Å²) in [5, 5.41) is 0. The summed E-state index contributed by atoms with van der Waals surface area (Å²) in [7, 11) is 0. The second-order valence-corrected chi connectivity index (χ2v) is 6.85. The van der Waals surface area contributed by atoms with Crippen LogP contribution in [0.5, 0.6) is 0 Å². The van der Waals surface area contributed by atoms with Crippen molar-refractivity contribution >= 4 is 23.2 Å². The van der Waals surface area contributed by atoms with Gasteiger partial charge in [-0.2, -0.15) is 0 Å². The molecule has 0 radical (unpaired) electrons. The highest BCUT2D eigenvalue weighted by atomic mass is 35.5. The van der Waals surface area contributed by atoms with Crippen LogP contribution in [0.25, 0.3) is 0 Å². The summed E-state index contributed by atoms with van der Waals surface area (Å²) in [5.74, 6) is 3.26. The fraction of sp³-hybridized carbons (Fsp3) is 1.00. The molecule has 2 heteroatoms. The fourth-order valence-electron chi connectivity index (χ4n) is 4.03. The predicted octanol–water partition coefficient (Wildman–Crippen LogP) is 5.61. The molecule has 2 aliphatic rings. The van der Waals surface area contributed by atoms with Crippen molar-refractivity contribution in [2.75, 3.05) is 11.8 Å². The van der Waals surface area contributed by atoms with Crippen LogP contribution in [0.2, 0.25) is 0 Å². The van der Waals surface area contributed by atoms with Crippen molar-refractivity contribution in [3.8, 4) is 0 Å². The Kier molecular flexibility index (Phi) is 5.49. The van der Waals surface area contributed by atoms with Crippen LogP contribution in [0.4, 0.5) is 0 Å². The third kappa shape index (κ3) is 3.32. The largest absolute Gasteiger partial charge is 0.126 e. The molecule has 17 heavy (non-hydrogen) atoms. The molecule has 0 aromatic rings. The normalized spacial score (nSPS) is 24.4. The van der Waals surface area contributed by atoms with E-state index in [1.54, 1.807) is 0 Å². The standard InChI is InChI=1S/C15H26Cl2/c16-11-15(12-17,14-8-4-5-9-14)10-13-6-2-1-3-7-13/h13-14H,1-12H2. The lowest BCUT2D eigenvalue weighted by Crippen LogP contribution is -2.36. The summed E-state index contributed by atoms with van der Waals surface area (Å²) in [6.07, 6.45) is 13.9. The van der Waals surface area contributed by atoms with Gasteiger partial charge >= 0.3 is 0 Å². The van der Waals surface area contributed by atoms with Crippen LogP contribution in [0, 0.1) is 17.3 Å². The minimum absolute atomic E-state index is 0.252. The van der Waals surface area contributed by atoms with Crippen molar-refractivity contribution in [3.63, 3.8) is 0 Å². The Balaban J connectivity index is 1.98. The first-order chi connectivity index (χ1) is 8.30. The zero-order valence-electron chi connectivity index (χ0n) is 10.9. The van der Waals surface area contributed by atoms with Gasteiger partial charge in [0.1, 0.15) is 0 Å². The highest BCUT2D eigenvalue weighted by Gasteiger charge is 2.40. The average molecular weight is 277 g/mol. The monoisotopic (exact) mass is 276 g/mol. The Labute approximate surface area is 116 Å². The van der Waals surface area contributed by atoms with Crippen molar-refractivity contribution in [3.05, 3.63) is 0 Å². The fourth-order valence-corrected chi connectivity index (χ4v) is 4.97. The third-order valence-electron chi connectivity index (χ3n) is 5.17. The highest BCUT2D eigenvalue weighted by Crippen LogP contribution is 2.47. The Morgan fingerprint density at radius 3 is 1.82 bits per heavy atom. The van der Waals surface area contributed by atoms with Crippen LogP contribution in [0.15, 0.2) is 0 Å². The number of hydrogen-bond acceptors (Lipinski definition) is 0. The van der Waals surface area contributed by atoms with E-state index in [4.69, 9.17) is 23.2 Å². The van der Waals surface area contributed by atoms with E-state index in [9.17, 15) is 0 Å².